The van der Waals surface area contributed by atoms with Crippen molar-refractivity contribution in [1.82, 2.24) is 9.80 Å². The maximum absolute atomic E-state index is 12.6. The number of carbonyl (C=O) groups is 2. The van der Waals surface area contributed by atoms with Crippen molar-refractivity contribution in [1.29, 1.82) is 0 Å². The quantitative estimate of drug-likeness (QED) is 0.619. The van der Waals surface area contributed by atoms with Gasteiger partial charge in [0.15, 0.2) is 5.76 Å². The summed E-state index contributed by atoms with van der Waals surface area (Å²) in [5, 5.41) is 10.6. The lowest BCUT2D eigenvalue weighted by Gasteiger charge is -2.43. The van der Waals surface area contributed by atoms with Gasteiger partial charge in [-0.05, 0) is 31.7 Å². The summed E-state index contributed by atoms with van der Waals surface area (Å²) in [7, 11) is 0. The number of nitrogens with zero attached hydrogens (tertiary/aromatic N) is 3. The van der Waals surface area contributed by atoms with E-state index in [0.717, 1.165) is 38.3 Å². The van der Waals surface area contributed by atoms with Gasteiger partial charge in [0.05, 0.1) is 12.0 Å². The van der Waals surface area contributed by atoms with E-state index in [0.29, 0.717) is 19.1 Å². The van der Waals surface area contributed by atoms with Crippen LogP contribution in [0.5, 0.6) is 0 Å². The molecule has 0 N–H and O–H groups in total. The summed E-state index contributed by atoms with van der Waals surface area (Å²) in [6, 6.07) is 2.77. The fraction of sp³-hybridized carbons (Fsp3) is 0.625. The van der Waals surface area contributed by atoms with E-state index in [1.807, 2.05) is 4.90 Å². The van der Waals surface area contributed by atoms with Gasteiger partial charge < -0.3 is 14.2 Å². The van der Waals surface area contributed by atoms with Crippen molar-refractivity contribution in [2.45, 2.75) is 38.6 Å². The van der Waals surface area contributed by atoms with E-state index in [-0.39, 0.29) is 17.6 Å². The molecule has 3 rings (SSSR count). The number of nitro groups is 1. The molecule has 0 bridgehead atoms. The molecule has 2 aliphatic rings. The van der Waals surface area contributed by atoms with Crippen molar-refractivity contribution >= 4 is 17.7 Å². The van der Waals surface area contributed by atoms with Gasteiger partial charge in [-0.1, -0.05) is 6.92 Å². The van der Waals surface area contributed by atoms with Gasteiger partial charge in [-0.25, -0.2) is 0 Å². The van der Waals surface area contributed by atoms with Crippen molar-refractivity contribution in [2.75, 3.05) is 19.6 Å². The molecule has 8 nitrogen and oxygen atoms in total. The lowest BCUT2D eigenvalue weighted by atomic mass is 9.93. The van der Waals surface area contributed by atoms with Gasteiger partial charge in [-0.2, -0.15) is 0 Å². The molecular weight excluding hydrogens is 314 g/mol. The maximum Gasteiger partial charge on any atom is 0.433 e. The average Bonchev–Trinajstić information content (AvgIpc) is 3.03. The number of rotatable bonds is 4. The van der Waals surface area contributed by atoms with E-state index in [2.05, 4.69) is 6.92 Å². The number of hydrogen-bond acceptors (Lipinski definition) is 5. The highest BCUT2D eigenvalue weighted by Crippen LogP contribution is 2.27. The molecule has 0 saturated carbocycles. The van der Waals surface area contributed by atoms with Gasteiger partial charge in [0.2, 0.25) is 5.91 Å². The van der Waals surface area contributed by atoms with Crippen LogP contribution in [0.2, 0.25) is 0 Å². The van der Waals surface area contributed by atoms with Crippen LogP contribution in [-0.2, 0) is 4.79 Å². The van der Waals surface area contributed by atoms with Crippen LogP contribution in [0.25, 0.3) is 0 Å². The summed E-state index contributed by atoms with van der Waals surface area (Å²) < 4.78 is 4.92. The molecular formula is C16H21N3O5. The molecule has 1 atom stereocenters. The van der Waals surface area contributed by atoms with Crippen molar-refractivity contribution in [3.8, 4) is 0 Å². The number of hydrogen-bond donors (Lipinski definition) is 0. The van der Waals surface area contributed by atoms with E-state index in [1.165, 1.54) is 11.0 Å². The van der Waals surface area contributed by atoms with Crippen LogP contribution in [0.15, 0.2) is 16.5 Å². The highest BCUT2D eigenvalue weighted by molar-refractivity contribution is 5.94. The standard InChI is InChI=1S/C16H21N3O5/c1-2-12-5-3-4-8-18(12)15(20)11-9-17(10-11)16(21)13-6-7-14(24-13)19(22)23/h6-7,11-12H,2-5,8-10H2,1H3. The molecule has 8 heteroatoms. The SMILES string of the molecule is CCC1CCCCN1C(=O)C1CN(C(=O)c2ccc([N+](=O)[O-])o2)C1. The number of likely N-dealkylation sites (tertiary alicyclic amines) is 2. The summed E-state index contributed by atoms with van der Waals surface area (Å²) in [6.07, 6.45) is 4.20. The number of piperidine rings is 1. The lowest BCUT2D eigenvalue weighted by Crippen LogP contribution is -2.58. The molecule has 1 aromatic rings. The molecule has 2 aliphatic heterocycles. The van der Waals surface area contributed by atoms with Gasteiger partial charge in [-0.15, -0.1) is 0 Å². The zero-order valence-corrected chi connectivity index (χ0v) is 13.6. The average molecular weight is 335 g/mol. The first-order valence-electron chi connectivity index (χ1n) is 8.35. The van der Waals surface area contributed by atoms with E-state index in [9.17, 15) is 19.7 Å². The van der Waals surface area contributed by atoms with Crippen LogP contribution in [0.4, 0.5) is 5.88 Å². The van der Waals surface area contributed by atoms with E-state index < -0.39 is 16.7 Å². The predicted octanol–water partition coefficient (Wildman–Crippen LogP) is 2.05. The summed E-state index contributed by atoms with van der Waals surface area (Å²) in [6.45, 7) is 3.58. The van der Waals surface area contributed by atoms with Crippen molar-refractivity contribution < 1.29 is 18.9 Å². The molecule has 24 heavy (non-hydrogen) atoms. The monoisotopic (exact) mass is 335 g/mol. The zero-order chi connectivity index (χ0) is 17.3. The second-order valence-electron chi connectivity index (χ2n) is 6.39. The zero-order valence-electron chi connectivity index (χ0n) is 13.6. The Labute approximate surface area is 139 Å². The predicted molar refractivity (Wildman–Crippen MR) is 84.4 cm³/mol. The summed E-state index contributed by atoms with van der Waals surface area (Å²) >= 11 is 0. The number of furan rings is 1. The van der Waals surface area contributed by atoms with Crippen molar-refractivity contribution in [3.63, 3.8) is 0 Å². The minimum absolute atomic E-state index is 0.0583. The van der Waals surface area contributed by atoms with Crippen LogP contribution in [0, 0.1) is 16.0 Å². The largest absolute Gasteiger partial charge is 0.433 e. The third-order valence-corrected chi connectivity index (χ3v) is 4.88. The Balaban J connectivity index is 1.57. The van der Waals surface area contributed by atoms with Gasteiger partial charge in [0.25, 0.3) is 5.91 Å². The Morgan fingerprint density at radius 2 is 2.08 bits per heavy atom. The first-order chi connectivity index (χ1) is 11.5. The second-order valence-corrected chi connectivity index (χ2v) is 6.39. The Morgan fingerprint density at radius 3 is 2.71 bits per heavy atom. The van der Waals surface area contributed by atoms with E-state index >= 15 is 0 Å². The molecule has 1 aromatic heterocycles. The maximum atomic E-state index is 12.6. The first kappa shape index (κ1) is 16.5. The number of carbonyl (C=O) groups excluding carboxylic acids is 2. The van der Waals surface area contributed by atoms with Crippen LogP contribution in [0.1, 0.15) is 43.2 Å². The third-order valence-electron chi connectivity index (χ3n) is 4.88. The lowest BCUT2D eigenvalue weighted by molar-refractivity contribution is -0.402. The molecule has 1 unspecified atom stereocenters. The Bertz CT molecular complexity index is 650. The summed E-state index contributed by atoms with van der Waals surface area (Å²) in [4.78, 5) is 38.2. The Morgan fingerprint density at radius 1 is 1.33 bits per heavy atom. The first-order valence-corrected chi connectivity index (χ1v) is 8.35. The van der Waals surface area contributed by atoms with E-state index in [4.69, 9.17) is 4.42 Å². The molecule has 130 valence electrons. The molecule has 0 spiro atoms. The molecule has 2 saturated heterocycles. The van der Waals surface area contributed by atoms with Gasteiger partial charge in [-0.3, -0.25) is 19.7 Å². The molecule has 0 aromatic carbocycles. The molecule has 3 heterocycles. The fourth-order valence-corrected chi connectivity index (χ4v) is 3.45. The van der Waals surface area contributed by atoms with Gasteiger partial charge in [0, 0.05) is 25.7 Å². The van der Waals surface area contributed by atoms with Crippen LogP contribution >= 0.6 is 0 Å². The normalized spacial score (nSPS) is 21.5. The topological polar surface area (TPSA) is 96.9 Å². The summed E-state index contributed by atoms with van der Waals surface area (Å²) in [5.74, 6) is -0.970. The van der Waals surface area contributed by atoms with Gasteiger partial charge >= 0.3 is 5.88 Å². The van der Waals surface area contributed by atoms with Crippen LogP contribution < -0.4 is 0 Å². The van der Waals surface area contributed by atoms with Gasteiger partial charge in [0.1, 0.15) is 4.92 Å². The Hall–Kier alpha value is -2.38. The fourth-order valence-electron chi connectivity index (χ4n) is 3.45. The highest BCUT2D eigenvalue weighted by atomic mass is 16.6. The second kappa shape index (κ2) is 6.62. The van der Waals surface area contributed by atoms with Crippen molar-refractivity contribution in [3.05, 3.63) is 28.0 Å². The number of amides is 2. The minimum atomic E-state index is -0.680. The Kier molecular flexibility index (Phi) is 4.55. The smallest absolute Gasteiger partial charge is 0.395 e. The highest BCUT2D eigenvalue weighted by Gasteiger charge is 2.41. The van der Waals surface area contributed by atoms with Crippen molar-refractivity contribution in [2.24, 2.45) is 5.92 Å². The van der Waals surface area contributed by atoms with Crippen LogP contribution in [0.3, 0.4) is 0 Å². The molecule has 2 fully saturated rings. The molecule has 0 aliphatic carbocycles. The third kappa shape index (κ3) is 3.00. The van der Waals surface area contributed by atoms with Crippen LogP contribution in [-0.4, -0.2) is 52.2 Å². The molecule has 2 amide bonds. The summed E-state index contributed by atoms with van der Waals surface area (Å²) in [5.41, 5.74) is 0. The minimum Gasteiger partial charge on any atom is -0.395 e. The molecule has 0 radical (unpaired) electrons. The van der Waals surface area contributed by atoms with E-state index in [1.54, 1.807) is 0 Å².